The van der Waals surface area contributed by atoms with Crippen LogP contribution in [0, 0.1) is 11.6 Å². The van der Waals surface area contributed by atoms with Crippen LogP contribution in [0.3, 0.4) is 0 Å². The number of carbonyl (C=O) groups is 1. The molecule has 12 heteroatoms. The van der Waals surface area contributed by atoms with E-state index in [-0.39, 0.29) is 12.0 Å². The number of amides is 1. The van der Waals surface area contributed by atoms with Gasteiger partial charge in [0, 0.05) is 18.1 Å². The minimum Gasteiger partial charge on any atom is -0.428 e. The first-order valence-corrected chi connectivity index (χ1v) is 10.5. The number of benzene rings is 3. The summed E-state index contributed by atoms with van der Waals surface area (Å²) in [6.07, 6.45) is -16.4. The second-order valence-electron chi connectivity index (χ2n) is 8.02. The summed E-state index contributed by atoms with van der Waals surface area (Å²) in [4.78, 5) is 12.5. The molecule has 3 rings (SSSR count). The van der Waals surface area contributed by atoms with E-state index in [0.29, 0.717) is 17.7 Å². The van der Waals surface area contributed by atoms with E-state index in [9.17, 15) is 39.9 Å². The molecule has 1 atom stereocenters. The minimum atomic E-state index is -4.95. The molecule has 3 aromatic carbocycles. The van der Waals surface area contributed by atoms with Crippen molar-refractivity contribution in [3.05, 3.63) is 101 Å². The molecule has 0 saturated carbocycles. The van der Waals surface area contributed by atoms with Crippen molar-refractivity contribution in [3.8, 4) is 5.75 Å². The van der Waals surface area contributed by atoms with Crippen LogP contribution in [0.4, 0.5) is 39.5 Å². The Hall–Kier alpha value is -3.70. The Labute approximate surface area is 204 Å². The Morgan fingerprint density at radius 2 is 1.49 bits per heavy atom. The van der Waals surface area contributed by atoms with Gasteiger partial charge in [0.15, 0.2) is 0 Å². The summed E-state index contributed by atoms with van der Waals surface area (Å²) in [5.74, 6) is -4.66. The Morgan fingerprint density at radius 3 is 2.03 bits per heavy atom. The van der Waals surface area contributed by atoms with Crippen molar-refractivity contribution in [1.29, 1.82) is 0 Å². The number of halogens is 9. The molecule has 0 aliphatic rings. The third-order valence-electron chi connectivity index (χ3n) is 5.27. The zero-order valence-corrected chi connectivity index (χ0v) is 18.6. The lowest BCUT2D eigenvalue weighted by molar-refractivity contribution is -0.253. The molecule has 0 bridgehead atoms. The first-order chi connectivity index (χ1) is 17.2. The predicted molar refractivity (Wildman–Crippen MR) is 114 cm³/mol. The number of hydrogen-bond acceptors (Lipinski definition) is 2. The first-order valence-electron chi connectivity index (χ1n) is 10.5. The molecule has 3 nitrogen and oxygen atoms in total. The molecule has 0 spiro atoms. The number of hydrogen-bond donors (Lipinski definition) is 1. The van der Waals surface area contributed by atoms with Crippen LogP contribution >= 0.6 is 0 Å². The Morgan fingerprint density at radius 1 is 0.865 bits per heavy atom. The molecule has 0 heterocycles. The van der Waals surface area contributed by atoms with E-state index in [1.165, 1.54) is 12.1 Å². The number of carbonyl (C=O) groups excluding carboxylic acids is 1. The summed E-state index contributed by atoms with van der Waals surface area (Å²) in [7, 11) is 0. The van der Waals surface area contributed by atoms with E-state index in [1.54, 1.807) is 18.2 Å². The van der Waals surface area contributed by atoms with Gasteiger partial charge in [0.05, 0.1) is 5.54 Å². The van der Waals surface area contributed by atoms with Gasteiger partial charge in [-0.1, -0.05) is 42.5 Å². The van der Waals surface area contributed by atoms with E-state index in [4.69, 9.17) is 0 Å². The van der Waals surface area contributed by atoms with E-state index in [2.05, 4.69) is 10.1 Å². The van der Waals surface area contributed by atoms with Crippen LogP contribution in [-0.4, -0.2) is 24.6 Å². The predicted octanol–water partition coefficient (Wildman–Crippen LogP) is 6.76. The number of rotatable bonds is 9. The highest BCUT2D eigenvalue weighted by Gasteiger charge is 2.45. The van der Waals surface area contributed by atoms with Crippen LogP contribution in [0.15, 0.2) is 72.8 Å². The molecule has 3 aromatic rings. The fourth-order valence-electron chi connectivity index (χ4n) is 3.74. The van der Waals surface area contributed by atoms with Gasteiger partial charge >= 0.3 is 18.7 Å². The minimum absolute atomic E-state index is 0.0428. The standard InChI is InChI=1S/C25H18F9NO2/c26-17-8-6-16(7-9-17)23(13-15-4-2-1-3-5-15,35-21(36)14-24(30,31)32)19-11-10-18(12-20(19)27)37-25(33,34)22(28)29/h1-12,22H,13-14H2,(H,35,36). The Balaban J connectivity index is 2.20. The molecule has 1 amide bonds. The lowest BCUT2D eigenvalue weighted by Gasteiger charge is -2.37. The van der Waals surface area contributed by atoms with Gasteiger partial charge in [-0.15, -0.1) is 0 Å². The largest absolute Gasteiger partial charge is 0.461 e. The van der Waals surface area contributed by atoms with Crippen molar-refractivity contribution < 1.29 is 49.0 Å². The molecule has 198 valence electrons. The van der Waals surface area contributed by atoms with Crippen LogP contribution in [0.1, 0.15) is 23.1 Å². The van der Waals surface area contributed by atoms with Gasteiger partial charge in [-0.3, -0.25) is 4.79 Å². The van der Waals surface area contributed by atoms with Crippen molar-refractivity contribution in [2.45, 2.75) is 37.1 Å². The number of nitrogens with one attached hydrogen (secondary N) is 1. The number of ether oxygens (including phenoxy) is 1. The van der Waals surface area contributed by atoms with Crippen LogP contribution in [-0.2, 0) is 16.8 Å². The van der Waals surface area contributed by atoms with E-state index in [1.807, 2.05) is 0 Å². The maximum atomic E-state index is 15.4. The molecule has 37 heavy (non-hydrogen) atoms. The molecule has 0 aliphatic carbocycles. The molecule has 0 aromatic heterocycles. The molecule has 0 radical (unpaired) electrons. The summed E-state index contributed by atoms with van der Waals surface area (Å²) >= 11 is 0. The van der Waals surface area contributed by atoms with Gasteiger partial charge in [-0.2, -0.15) is 30.7 Å². The van der Waals surface area contributed by atoms with Crippen molar-refractivity contribution in [2.24, 2.45) is 0 Å². The topological polar surface area (TPSA) is 38.3 Å². The molecular formula is C25H18F9NO2. The smallest absolute Gasteiger partial charge is 0.428 e. The van der Waals surface area contributed by atoms with Crippen molar-refractivity contribution in [3.63, 3.8) is 0 Å². The summed E-state index contributed by atoms with van der Waals surface area (Å²) in [5, 5.41) is 2.18. The molecule has 0 saturated heterocycles. The summed E-state index contributed by atoms with van der Waals surface area (Å²) < 4.78 is 124. The molecule has 1 unspecified atom stereocenters. The second kappa shape index (κ2) is 10.7. The fraction of sp³-hybridized carbons (Fsp3) is 0.240. The van der Waals surface area contributed by atoms with Crippen LogP contribution in [0.2, 0.25) is 0 Å². The van der Waals surface area contributed by atoms with E-state index < -0.39 is 59.5 Å². The summed E-state index contributed by atoms with van der Waals surface area (Å²) in [6, 6.07) is 13.8. The maximum absolute atomic E-state index is 15.4. The Bertz CT molecular complexity index is 1220. The Kier molecular flexibility index (Phi) is 8.09. The summed E-state index contributed by atoms with van der Waals surface area (Å²) in [5.41, 5.74) is -2.25. The van der Waals surface area contributed by atoms with Gasteiger partial charge in [0.25, 0.3) is 0 Å². The van der Waals surface area contributed by atoms with Crippen LogP contribution in [0.5, 0.6) is 5.75 Å². The van der Waals surface area contributed by atoms with Crippen molar-refractivity contribution in [2.75, 3.05) is 0 Å². The van der Waals surface area contributed by atoms with Gasteiger partial charge < -0.3 is 10.1 Å². The average Bonchev–Trinajstić information content (AvgIpc) is 2.78. The molecular weight excluding hydrogens is 517 g/mol. The highest BCUT2D eigenvalue weighted by atomic mass is 19.4. The lowest BCUT2D eigenvalue weighted by Crippen LogP contribution is -2.50. The molecule has 0 aliphatic heterocycles. The zero-order chi connectivity index (χ0) is 27.4. The zero-order valence-electron chi connectivity index (χ0n) is 18.6. The van der Waals surface area contributed by atoms with Gasteiger partial charge in [0.1, 0.15) is 23.8 Å². The lowest BCUT2D eigenvalue weighted by atomic mass is 9.77. The fourth-order valence-corrected chi connectivity index (χ4v) is 3.74. The van der Waals surface area contributed by atoms with Crippen LogP contribution in [0.25, 0.3) is 0 Å². The SMILES string of the molecule is O=C(CC(F)(F)F)NC(Cc1ccccc1)(c1ccc(F)cc1)c1ccc(OC(F)(F)C(F)F)cc1F. The summed E-state index contributed by atoms with van der Waals surface area (Å²) in [6.45, 7) is 0. The highest BCUT2D eigenvalue weighted by molar-refractivity contribution is 5.78. The van der Waals surface area contributed by atoms with Gasteiger partial charge in [-0.05, 0) is 35.4 Å². The third-order valence-corrected chi connectivity index (χ3v) is 5.27. The maximum Gasteiger partial charge on any atom is 0.461 e. The molecule has 0 fully saturated rings. The van der Waals surface area contributed by atoms with E-state index in [0.717, 1.165) is 30.3 Å². The highest BCUT2D eigenvalue weighted by Crippen LogP contribution is 2.38. The van der Waals surface area contributed by atoms with E-state index >= 15 is 4.39 Å². The number of alkyl halides is 7. The third kappa shape index (κ3) is 6.95. The average molecular weight is 535 g/mol. The van der Waals surface area contributed by atoms with Crippen molar-refractivity contribution >= 4 is 5.91 Å². The van der Waals surface area contributed by atoms with Gasteiger partial charge in [0.2, 0.25) is 5.91 Å². The van der Waals surface area contributed by atoms with Crippen molar-refractivity contribution in [1.82, 2.24) is 5.32 Å². The van der Waals surface area contributed by atoms with Gasteiger partial charge in [-0.25, -0.2) is 8.78 Å². The quantitative estimate of drug-likeness (QED) is 0.308. The molecule has 1 N–H and O–H groups in total. The monoisotopic (exact) mass is 535 g/mol. The van der Waals surface area contributed by atoms with Crippen LogP contribution < -0.4 is 10.1 Å². The second-order valence-corrected chi connectivity index (χ2v) is 8.02. The first kappa shape index (κ1) is 27.9. The normalized spacial score (nSPS) is 13.8.